The minimum absolute atomic E-state index is 0.0569. The zero-order valence-electron chi connectivity index (χ0n) is 10.9. The maximum atomic E-state index is 11.0. The van der Waals surface area contributed by atoms with Crippen molar-refractivity contribution < 1.29 is 9.53 Å². The van der Waals surface area contributed by atoms with Crippen molar-refractivity contribution in [1.29, 1.82) is 0 Å². The van der Waals surface area contributed by atoms with Crippen molar-refractivity contribution >= 4 is 17.8 Å². The summed E-state index contributed by atoms with van der Waals surface area (Å²) < 4.78 is 5.38. The van der Waals surface area contributed by atoms with Gasteiger partial charge in [-0.2, -0.15) is 15.0 Å². The van der Waals surface area contributed by atoms with Gasteiger partial charge in [0.15, 0.2) is 0 Å². The third-order valence-electron chi connectivity index (χ3n) is 1.95. The van der Waals surface area contributed by atoms with E-state index < -0.39 is 11.9 Å². The van der Waals surface area contributed by atoms with Gasteiger partial charge >= 0.3 is 6.01 Å². The van der Waals surface area contributed by atoms with Crippen LogP contribution in [0, 0.1) is 0 Å². The van der Waals surface area contributed by atoms with E-state index in [1.165, 1.54) is 0 Å². The summed E-state index contributed by atoms with van der Waals surface area (Å²) in [5, 5.41) is 5.56. The molecule has 1 atom stereocenters. The average Bonchev–Trinajstić information content (AvgIpc) is 2.27. The highest BCUT2D eigenvalue weighted by molar-refractivity contribution is 5.81. The second-order valence-corrected chi connectivity index (χ2v) is 3.95. The highest BCUT2D eigenvalue weighted by atomic mass is 16.5. The largest absolute Gasteiger partial charge is 0.461 e. The number of anilines is 2. The molecule has 1 heterocycles. The molecule has 1 aromatic rings. The highest BCUT2D eigenvalue weighted by Crippen LogP contribution is 2.12. The molecule has 0 spiro atoms. The van der Waals surface area contributed by atoms with E-state index in [1.807, 2.05) is 13.8 Å². The quantitative estimate of drug-likeness (QED) is 0.653. The van der Waals surface area contributed by atoms with Crippen LogP contribution < -0.4 is 21.1 Å². The summed E-state index contributed by atoms with van der Waals surface area (Å²) in [5.41, 5.74) is 5.15. The maximum absolute atomic E-state index is 11.0. The lowest BCUT2D eigenvalue weighted by Gasteiger charge is -2.13. The molecule has 1 amide bonds. The fraction of sp³-hybridized carbons (Fsp3) is 0.600. The second-order valence-electron chi connectivity index (χ2n) is 3.95. The summed E-state index contributed by atoms with van der Waals surface area (Å²) in [6.45, 7) is 5.35. The molecule has 0 saturated heterocycles. The zero-order chi connectivity index (χ0) is 13.7. The van der Waals surface area contributed by atoms with Gasteiger partial charge in [-0.05, 0) is 20.8 Å². The molecule has 8 nitrogen and oxygen atoms in total. The Labute approximate surface area is 105 Å². The summed E-state index contributed by atoms with van der Waals surface area (Å²) in [5.74, 6) is 0.0869. The number of carbonyl (C=O) groups excluding carboxylic acids is 1. The molecule has 0 radical (unpaired) electrons. The van der Waals surface area contributed by atoms with Crippen LogP contribution in [0.4, 0.5) is 11.9 Å². The second kappa shape index (κ2) is 5.99. The van der Waals surface area contributed by atoms with E-state index in [0.717, 1.165) is 0 Å². The van der Waals surface area contributed by atoms with Gasteiger partial charge in [-0.25, -0.2) is 0 Å². The number of primary amides is 1. The Morgan fingerprint density at radius 1 is 1.22 bits per heavy atom. The molecular formula is C10H18N6O2. The van der Waals surface area contributed by atoms with E-state index in [0.29, 0.717) is 5.95 Å². The Balaban J connectivity index is 2.93. The molecule has 0 aromatic carbocycles. The molecule has 8 heteroatoms. The van der Waals surface area contributed by atoms with Crippen LogP contribution in [-0.2, 0) is 4.79 Å². The molecular weight excluding hydrogens is 236 g/mol. The van der Waals surface area contributed by atoms with Crippen molar-refractivity contribution in [3.63, 3.8) is 0 Å². The van der Waals surface area contributed by atoms with Gasteiger partial charge in [0.2, 0.25) is 17.8 Å². The fourth-order valence-corrected chi connectivity index (χ4v) is 1.06. The van der Waals surface area contributed by atoms with Gasteiger partial charge in [-0.3, -0.25) is 4.79 Å². The number of ether oxygens (including phenoxy) is 1. The minimum Gasteiger partial charge on any atom is -0.461 e. The van der Waals surface area contributed by atoms with Gasteiger partial charge in [0, 0.05) is 7.05 Å². The van der Waals surface area contributed by atoms with Crippen LogP contribution in [0.1, 0.15) is 20.8 Å². The number of amides is 1. The smallest absolute Gasteiger partial charge is 0.323 e. The highest BCUT2D eigenvalue weighted by Gasteiger charge is 2.13. The molecule has 1 aromatic heterocycles. The Hall–Kier alpha value is -2.12. The molecule has 1 unspecified atom stereocenters. The van der Waals surface area contributed by atoms with Crippen molar-refractivity contribution in [2.75, 3.05) is 17.7 Å². The first-order valence-corrected chi connectivity index (χ1v) is 5.58. The van der Waals surface area contributed by atoms with Crippen molar-refractivity contribution in [1.82, 2.24) is 15.0 Å². The number of hydrogen-bond donors (Lipinski definition) is 3. The Morgan fingerprint density at radius 3 is 2.33 bits per heavy atom. The average molecular weight is 254 g/mol. The number of nitrogens with zero attached hydrogens (tertiary/aromatic N) is 3. The van der Waals surface area contributed by atoms with Gasteiger partial charge < -0.3 is 21.1 Å². The summed E-state index contributed by atoms with van der Waals surface area (Å²) in [6, 6.07) is -0.396. The molecule has 0 aliphatic carbocycles. The third kappa shape index (κ3) is 4.04. The predicted molar refractivity (Wildman–Crippen MR) is 67.4 cm³/mol. The summed E-state index contributed by atoms with van der Waals surface area (Å²) in [7, 11) is 1.68. The number of carbonyl (C=O) groups is 1. The number of hydrogen-bond acceptors (Lipinski definition) is 7. The fourth-order valence-electron chi connectivity index (χ4n) is 1.06. The Morgan fingerprint density at radius 2 is 1.83 bits per heavy atom. The van der Waals surface area contributed by atoms with Crippen molar-refractivity contribution in [2.24, 2.45) is 5.73 Å². The van der Waals surface area contributed by atoms with Gasteiger partial charge in [0.25, 0.3) is 0 Å². The Bertz CT molecular complexity index is 423. The number of aromatic nitrogens is 3. The van der Waals surface area contributed by atoms with Gasteiger partial charge in [0.05, 0.1) is 6.10 Å². The minimum atomic E-state index is -0.580. The molecule has 0 bridgehead atoms. The van der Waals surface area contributed by atoms with Crippen LogP contribution in [0.3, 0.4) is 0 Å². The van der Waals surface area contributed by atoms with E-state index in [1.54, 1.807) is 14.0 Å². The normalized spacial score (nSPS) is 12.1. The number of rotatable bonds is 6. The van der Waals surface area contributed by atoms with E-state index in [4.69, 9.17) is 10.5 Å². The summed E-state index contributed by atoms with van der Waals surface area (Å²) in [6.07, 6.45) is -0.0569. The maximum Gasteiger partial charge on any atom is 0.323 e. The SMILES string of the molecule is CNc1nc(NC(C)C(N)=O)nc(OC(C)C)n1. The van der Waals surface area contributed by atoms with Crippen LogP contribution in [0.5, 0.6) is 6.01 Å². The van der Waals surface area contributed by atoms with E-state index in [-0.39, 0.29) is 18.1 Å². The predicted octanol–water partition coefficient (Wildman–Crippen LogP) is -0.0138. The molecule has 1 rings (SSSR count). The van der Waals surface area contributed by atoms with Crippen LogP contribution >= 0.6 is 0 Å². The van der Waals surface area contributed by atoms with Crippen LogP contribution in [-0.4, -0.2) is 40.1 Å². The Kier molecular flexibility index (Phi) is 4.64. The molecule has 18 heavy (non-hydrogen) atoms. The van der Waals surface area contributed by atoms with Gasteiger partial charge in [-0.1, -0.05) is 0 Å². The van der Waals surface area contributed by atoms with Crippen LogP contribution in [0.2, 0.25) is 0 Å². The standard InChI is InChI=1S/C10H18N6O2/c1-5(2)18-10-15-8(12-4)14-9(16-10)13-6(3)7(11)17/h5-6H,1-4H3,(H2,11,17)(H2,12,13,14,15,16). The lowest BCUT2D eigenvalue weighted by atomic mass is 10.3. The molecule has 0 aliphatic heterocycles. The summed E-state index contributed by atoms with van der Waals surface area (Å²) in [4.78, 5) is 23.1. The first kappa shape index (κ1) is 13.9. The number of nitrogens with two attached hydrogens (primary N) is 1. The third-order valence-corrected chi connectivity index (χ3v) is 1.95. The van der Waals surface area contributed by atoms with E-state index >= 15 is 0 Å². The van der Waals surface area contributed by atoms with Gasteiger partial charge in [-0.15, -0.1) is 0 Å². The zero-order valence-corrected chi connectivity index (χ0v) is 10.9. The molecule has 0 aliphatic rings. The van der Waals surface area contributed by atoms with Crippen LogP contribution in [0.15, 0.2) is 0 Å². The number of nitrogens with one attached hydrogen (secondary N) is 2. The van der Waals surface area contributed by atoms with Crippen molar-refractivity contribution in [3.05, 3.63) is 0 Å². The van der Waals surface area contributed by atoms with Gasteiger partial charge in [0.1, 0.15) is 6.04 Å². The first-order valence-electron chi connectivity index (χ1n) is 5.58. The molecule has 0 saturated carbocycles. The molecule has 100 valence electrons. The molecule has 4 N–H and O–H groups in total. The molecule has 0 fully saturated rings. The van der Waals surface area contributed by atoms with Crippen molar-refractivity contribution in [2.45, 2.75) is 32.9 Å². The topological polar surface area (TPSA) is 115 Å². The van der Waals surface area contributed by atoms with Crippen LogP contribution in [0.25, 0.3) is 0 Å². The van der Waals surface area contributed by atoms with E-state index in [2.05, 4.69) is 25.6 Å². The lowest BCUT2D eigenvalue weighted by Crippen LogP contribution is -2.33. The van der Waals surface area contributed by atoms with E-state index in [9.17, 15) is 4.79 Å². The lowest BCUT2D eigenvalue weighted by molar-refractivity contribution is -0.118. The summed E-state index contributed by atoms with van der Waals surface area (Å²) >= 11 is 0. The first-order chi connectivity index (χ1) is 8.42. The van der Waals surface area contributed by atoms with Crippen molar-refractivity contribution in [3.8, 4) is 6.01 Å². The monoisotopic (exact) mass is 254 g/mol.